The van der Waals surface area contributed by atoms with Crippen molar-refractivity contribution in [3.05, 3.63) is 40.7 Å². The van der Waals surface area contributed by atoms with Gasteiger partial charge in [-0.25, -0.2) is 8.42 Å². The van der Waals surface area contributed by atoms with Crippen LogP contribution in [-0.2, 0) is 21.3 Å². The molecule has 2 aromatic rings. The van der Waals surface area contributed by atoms with Gasteiger partial charge in [0.1, 0.15) is 10.6 Å². The van der Waals surface area contributed by atoms with Gasteiger partial charge in [0.2, 0.25) is 10.0 Å². The monoisotopic (exact) mass is 407 g/mol. The third-order valence-corrected chi connectivity index (χ3v) is 7.15. The Labute approximate surface area is 167 Å². The van der Waals surface area contributed by atoms with Crippen molar-refractivity contribution < 1.29 is 17.9 Å². The van der Waals surface area contributed by atoms with Crippen molar-refractivity contribution in [3.63, 3.8) is 0 Å². The summed E-state index contributed by atoms with van der Waals surface area (Å²) < 4.78 is 40.5. The van der Waals surface area contributed by atoms with E-state index in [1.165, 1.54) is 4.31 Å². The zero-order chi connectivity index (χ0) is 20.3. The Morgan fingerprint density at radius 2 is 1.86 bits per heavy atom. The lowest BCUT2D eigenvalue weighted by Gasteiger charge is -2.26. The van der Waals surface area contributed by atoms with Gasteiger partial charge in [0.15, 0.2) is 0 Å². The van der Waals surface area contributed by atoms with Crippen molar-refractivity contribution in [1.82, 2.24) is 14.1 Å². The summed E-state index contributed by atoms with van der Waals surface area (Å²) in [5, 5.41) is 4.47. The third-order valence-electron chi connectivity index (χ3n) is 5.00. The molecule has 3 rings (SSSR count). The van der Waals surface area contributed by atoms with E-state index < -0.39 is 10.0 Å². The van der Waals surface area contributed by atoms with Crippen LogP contribution in [0.3, 0.4) is 0 Å². The number of hydrogen-bond donors (Lipinski definition) is 0. The summed E-state index contributed by atoms with van der Waals surface area (Å²) in [5.41, 5.74) is 3.49. The first-order valence-electron chi connectivity index (χ1n) is 9.62. The average molecular weight is 408 g/mol. The molecular formula is C20H29N3O4S. The molecule has 0 bridgehead atoms. The molecule has 1 aliphatic heterocycles. The predicted molar refractivity (Wildman–Crippen MR) is 107 cm³/mol. The smallest absolute Gasteiger partial charge is 0.246 e. The van der Waals surface area contributed by atoms with Crippen LogP contribution < -0.4 is 4.74 Å². The fraction of sp³-hybridized carbons (Fsp3) is 0.550. The molecule has 1 aliphatic rings. The Morgan fingerprint density at radius 1 is 1.14 bits per heavy atom. The van der Waals surface area contributed by atoms with E-state index in [0.29, 0.717) is 55.7 Å². The second kappa shape index (κ2) is 8.63. The zero-order valence-corrected chi connectivity index (χ0v) is 17.9. The Hall–Kier alpha value is -1.90. The van der Waals surface area contributed by atoms with Crippen molar-refractivity contribution >= 4 is 10.0 Å². The number of nitrogens with zero attached hydrogens (tertiary/aromatic N) is 3. The van der Waals surface area contributed by atoms with E-state index in [1.807, 2.05) is 26.8 Å². The fourth-order valence-corrected chi connectivity index (χ4v) is 5.23. The second-order valence-electron chi connectivity index (χ2n) is 7.21. The average Bonchev–Trinajstić information content (AvgIpc) is 2.96. The lowest BCUT2D eigenvalue weighted by atomic mass is 10.1. The molecule has 0 amide bonds. The van der Waals surface area contributed by atoms with Crippen LogP contribution >= 0.6 is 0 Å². The minimum absolute atomic E-state index is 0.324. The molecule has 0 saturated carbocycles. The summed E-state index contributed by atoms with van der Waals surface area (Å²) in [7, 11) is -3.55. The molecule has 0 unspecified atom stereocenters. The fourth-order valence-electron chi connectivity index (χ4n) is 3.45. The summed E-state index contributed by atoms with van der Waals surface area (Å²) in [6, 6.07) is 6.15. The number of benzene rings is 1. The number of aryl methyl sites for hydroxylation is 4. The van der Waals surface area contributed by atoms with Crippen molar-refractivity contribution in [2.45, 2.75) is 45.6 Å². The summed E-state index contributed by atoms with van der Waals surface area (Å²) in [5.74, 6) is 0.893. The van der Waals surface area contributed by atoms with E-state index in [0.717, 1.165) is 23.3 Å². The molecule has 0 radical (unpaired) electrons. The Balaban J connectivity index is 1.66. The number of aromatic nitrogens is 2. The third kappa shape index (κ3) is 4.39. The van der Waals surface area contributed by atoms with Crippen LogP contribution in [0.25, 0.3) is 0 Å². The van der Waals surface area contributed by atoms with Gasteiger partial charge in [-0.1, -0.05) is 12.1 Å². The molecule has 154 valence electrons. The van der Waals surface area contributed by atoms with Crippen LogP contribution in [-0.4, -0.2) is 55.4 Å². The van der Waals surface area contributed by atoms with E-state index in [-0.39, 0.29) is 0 Å². The van der Waals surface area contributed by atoms with Crippen LogP contribution in [0, 0.1) is 27.7 Å². The number of ether oxygens (including phenoxy) is 2. The number of sulfonamides is 1. The SMILES string of the molecule is Cc1ccc(C)c(OCCCn2nc(C)c(S(=O)(=O)N3CCOCC3)c2C)c1. The molecule has 0 atom stereocenters. The minimum atomic E-state index is -3.55. The summed E-state index contributed by atoms with van der Waals surface area (Å²) in [6.07, 6.45) is 0.742. The topological polar surface area (TPSA) is 73.7 Å². The van der Waals surface area contributed by atoms with Crippen molar-refractivity contribution in [2.24, 2.45) is 0 Å². The highest BCUT2D eigenvalue weighted by Crippen LogP contribution is 2.24. The molecule has 1 saturated heterocycles. The van der Waals surface area contributed by atoms with Gasteiger partial charge in [-0.05, 0) is 44.9 Å². The predicted octanol–water partition coefficient (Wildman–Crippen LogP) is 2.61. The van der Waals surface area contributed by atoms with Crippen molar-refractivity contribution in [3.8, 4) is 5.75 Å². The highest BCUT2D eigenvalue weighted by molar-refractivity contribution is 7.89. The van der Waals surface area contributed by atoms with Gasteiger partial charge in [0, 0.05) is 26.1 Å². The number of morpholine rings is 1. The molecule has 8 heteroatoms. The van der Waals surface area contributed by atoms with Gasteiger partial charge in [-0.2, -0.15) is 9.40 Å². The van der Waals surface area contributed by atoms with Gasteiger partial charge in [-0.3, -0.25) is 4.68 Å². The maximum absolute atomic E-state index is 13.0. The van der Waals surface area contributed by atoms with E-state index >= 15 is 0 Å². The molecule has 2 heterocycles. The lowest BCUT2D eigenvalue weighted by molar-refractivity contribution is 0.0730. The molecule has 0 aliphatic carbocycles. The zero-order valence-electron chi connectivity index (χ0n) is 17.1. The van der Waals surface area contributed by atoms with Crippen molar-refractivity contribution in [1.29, 1.82) is 0 Å². The summed E-state index contributed by atoms with van der Waals surface area (Å²) in [6.45, 7) is 10.4. The van der Waals surface area contributed by atoms with Gasteiger partial charge in [-0.15, -0.1) is 0 Å². The number of rotatable bonds is 7. The molecule has 0 spiro atoms. The standard InChI is InChI=1S/C20H29N3O4S/c1-15-6-7-16(2)19(14-15)27-11-5-8-23-18(4)20(17(3)21-23)28(24,25)22-9-12-26-13-10-22/h6-7,14H,5,8-13H2,1-4H3. The first kappa shape index (κ1) is 20.8. The van der Waals surface area contributed by atoms with Gasteiger partial charge >= 0.3 is 0 Å². The Bertz CT molecular complexity index is 931. The maximum Gasteiger partial charge on any atom is 0.246 e. The number of hydrogen-bond acceptors (Lipinski definition) is 5. The first-order valence-corrected chi connectivity index (χ1v) is 11.1. The second-order valence-corrected chi connectivity index (χ2v) is 9.09. The highest BCUT2D eigenvalue weighted by atomic mass is 32.2. The quantitative estimate of drug-likeness (QED) is 0.660. The normalized spacial score (nSPS) is 15.7. The van der Waals surface area contributed by atoms with E-state index in [2.05, 4.69) is 17.2 Å². The minimum Gasteiger partial charge on any atom is -0.493 e. The molecule has 1 aromatic carbocycles. The molecule has 1 aromatic heterocycles. The van der Waals surface area contributed by atoms with Gasteiger partial charge in [0.25, 0.3) is 0 Å². The van der Waals surface area contributed by atoms with E-state index in [9.17, 15) is 8.42 Å². The maximum atomic E-state index is 13.0. The van der Waals surface area contributed by atoms with Crippen LogP contribution in [0.5, 0.6) is 5.75 Å². The van der Waals surface area contributed by atoms with Crippen LogP contribution in [0.4, 0.5) is 0 Å². The molecule has 7 nitrogen and oxygen atoms in total. The molecule has 28 heavy (non-hydrogen) atoms. The van der Waals surface area contributed by atoms with Crippen LogP contribution in [0.15, 0.2) is 23.1 Å². The van der Waals surface area contributed by atoms with Crippen molar-refractivity contribution in [2.75, 3.05) is 32.9 Å². The largest absolute Gasteiger partial charge is 0.493 e. The van der Waals surface area contributed by atoms with Crippen LogP contribution in [0.1, 0.15) is 28.9 Å². The Kier molecular flexibility index (Phi) is 6.42. The molecule has 0 N–H and O–H groups in total. The van der Waals surface area contributed by atoms with E-state index in [4.69, 9.17) is 9.47 Å². The first-order chi connectivity index (χ1) is 13.3. The highest BCUT2D eigenvalue weighted by Gasteiger charge is 2.31. The van der Waals surface area contributed by atoms with E-state index in [1.54, 1.807) is 11.6 Å². The molecular weight excluding hydrogens is 378 g/mol. The summed E-state index contributed by atoms with van der Waals surface area (Å²) in [4.78, 5) is 0.324. The summed E-state index contributed by atoms with van der Waals surface area (Å²) >= 11 is 0. The van der Waals surface area contributed by atoms with Crippen LogP contribution in [0.2, 0.25) is 0 Å². The lowest BCUT2D eigenvalue weighted by Crippen LogP contribution is -2.41. The Morgan fingerprint density at radius 3 is 2.57 bits per heavy atom. The van der Waals surface area contributed by atoms with Gasteiger partial charge in [0.05, 0.1) is 31.2 Å². The van der Waals surface area contributed by atoms with Gasteiger partial charge < -0.3 is 9.47 Å². The molecule has 1 fully saturated rings.